The zero-order chi connectivity index (χ0) is 68.8. The number of imide groups is 1. The lowest BCUT2D eigenvalue weighted by Crippen LogP contribution is -2.70. The van der Waals surface area contributed by atoms with E-state index in [1.165, 1.54) is 0 Å². The molecule has 5 aliphatic rings. The molecule has 4 fully saturated rings. The second-order valence-electron chi connectivity index (χ2n) is 26.7. The molecule has 5 aliphatic heterocycles. The Kier molecular flexibility index (Phi) is 23.7. The highest BCUT2D eigenvalue weighted by molar-refractivity contribution is 6.76. The van der Waals surface area contributed by atoms with Crippen molar-refractivity contribution in [2.75, 3.05) is 26.4 Å². The molecular formula is C80H85NO18Si. The van der Waals surface area contributed by atoms with E-state index in [0.29, 0.717) is 12.2 Å². The molecule has 16 atom stereocenters. The van der Waals surface area contributed by atoms with E-state index in [1.807, 2.05) is 182 Å². The van der Waals surface area contributed by atoms with Crippen molar-refractivity contribution in [1.82, 2.24) is 4.90 Å². The monoisotopic (exact) mass is 1380 g/mol. The van der Waals surface area contributed by atoms with E-state index < -0.39 is 124 Å². The molecule has 0 aliphatic carbocycles. The van der Waals surface area contributed by atoms with Crippen LogP contribution >= 0.6 is 0 Å². The molecule has 8 aromatic carbocycles. The van der Waals surface area contributed by atoms with Gasteiger partial charge in [0.1, 0.15) is 67.1 Å². The van der Waals surface area contributed by atoms with E-state index >= 15 is 14.4 Å². The molecule has 4 saturated heterocycles. The summed E-state index contributed by atoms with van der Waals surface area (Å²) in [5.41, 5.74) is 5.31. The normalized spacial score (nSPS) is 27.5. The van der Waals surface area contributed by atoms with Crippen LogP contribution in [0.5, 0.6) is 0 Å². The number of carbonyl (C=O) groups excluding carboxylic acids is 3. The fourth-order valence-corrected chi connectivity index (χ4v) is 13.8. The Hall–Kier alpha value is -7.97. The van der Waals surface area contributed by atoms with Crippen LogP contribution in [0.15, 0.2) is 237 Å². The van der Waals surface area contributed by atoms with Crippen molar-refractivity contribution in [2.45, 2.75) is 157 Å². The number of esters is 1. The maximum absolute atomic E-state index is 15.3. The molecule has 5 heterocycles. The van der Waals surface area contributed by atoms with Gasteiger partial charge in [-0.1, -0.05) is 232 Å². The molecular weight excluding hydrogens is 1290 g/mol. The average Bonchev–Trinajstić information content (AvgIpc) is 1.28. The summed E-state index contributed by atoms with van der Waals surface area (Å²) < 4.78 is 98.3. The molecule has 0 saturated carbocycles. The third-order valence-electron chi connectivity index (χ3n) is 18.3. The third kappa shape index (κ3) is 17.5. The van der Waals surface area contributed by atoms with Crippen LogP contribution in [0, 0.1) is 0 Å². The number of carbonyl (C=O) groups is 3. The van der Waals surface area contributed by atoms with Gasteiger partial charge in [0, 0.05) is 20.2 Å². The Labute approximate surface area is 583 Å². The molecule has 100 heavy (non-hydrogen) atoms. The van der Waals surface area contributed by atoms with Gasteiger partial charge in [-0.05, 0) is 58.1 Å². The van der Waals surface area contributed by atoms with Crippen molar-refractivity contribution in [3.8, 4) is 0 Å². The Morgan fingerprint density at radius 1 is 0.460 bits per heavy atom. The van der Waals surface area contributed by atoms with Gasteiger partial charge in [-0.3, -0.25) is 14.5 Å². The summed E-state index contributed by atoms with van der Waals surface area (Å²) in [4.78, 5) is 46.8. The van der Waals surface area contributed by atoms with Crippen molar-refractivity contribution in [3.63, 3.8) is 0 Å². The van der Waals surface area contributed by atoms with E-state index in [4.69, 9.17) is 66.3 Å². The van der Waals surface area contributed by atoms with Crippen LogP contribution < -0.4 is 0 Å². The number of aliphatic hydroxyl groups is 1. The molecule has 522 valence electrons. The molecule has 13 rings (SSSR count). The Bertz CT molecular complexity index is 3830. The lowest BCUT2D eigenvalue weighted by Gasteiger charge is -2.53. The molecule has 0 unspecified atom stereocenters. The number of aliphatic hydroxyl groups excluding tert-OH is 1. The predicted octanol–water partition coefficient (Wildman–Crippen LogP) is 11.8. The van der Waals surface area contributed by atoms with E-state index in [1.54, 1.807) is 54.6 Å². The summed E-state index contributed by atoms with van der Waals surface area (Å²) >= 11 is 0. The van der Waals surface area contributed by atoms with Gasteiger partial charge in [0.15, 0.2) is 31.3 Å². The van der Waals surface area contributed by atoms with Crippen molar-refractivity contribution in [3.05, 3.63) is 287 Å². The molecule has 8 aromatic rings. The number of fused-ring (bicyclic) bond motifs is 2. The standard InChI is InChI=1S/C80H85NO18Si/c1-100(2,3)44-43-88-79-72(91-49-57-35-19-8-20-36-57)70(90-48-56-33-17-7-18-34-56)67(63(94-79)51-87-46-54-29-13-5-14-30-54)98-80-73(96-76(85)58-37-21-9-22-38-58)71(68-64(95-80)52-92-77(97-68)59-39-23-10-24-40-59)99-78-65(81-74(83)60-41-25-26-42-61(60)75(81)84)69(89-47-55-31-15-6-16-32-55)66(82)62(93-78)50-86-45-53-27-11-4-12-28-53/h4-42,62-73,77-80,82H,43-52H2,1-3H3/t62-,63-,64-,65-,66-,67-,68-,69-,70+,71+,72-,73+,77-,78+,79-,80+/m1/s1. The molecule has 19 nitrogen and oxygen atoms in total. The van der Waals surface area contributed by atoms with E-state index in [0.717, 1.165) is 38.8 Å². The van der Waals surface area contributed by atoms with Crippen molar-refractivity contribution in [1.29, 1.82) is 0 Å². The van der Waals surface area contributed by atoms with Crippen LogP contribution in [0.2, 0.25) is 25.7 Å². The fourth-order valence-electron chi connectivity index (χ4n) is 13.1. The second-order valence-corrected chi connectivity index (χ2v) is 32.3. The van der Waals surface area contributed by atoms with E-state index in [9.17, 15) is 5.11 Å². The maximum Gasteiger partial charge on any atom is 0.338 e. The predicted molar refractivity (Wildman–Crippen MR) is 369 cm³/mol. The molecule has 0 radical (unpaired) electrons. The first-order chi connectivity index (χ1) is 48.9. The average molecular weight is 1380 g/mol. The van der Waals surface area contributed by atoms with Crippen molar-refractivity contribution < 1.29 is 85.8 Å². The summed E-state index contributed by atoms with van der Waals surface area (Å²) in [5.74, 6) is -2.16. The highest BCUT2D eigenvalue weighted by Crippen LogP contribution is 2.43. The Balaban J connectivity index is 0.945. The molecule has 20 heteroatoms. The zero-order valence-electron chi connectivity index (χ0n) is 56.2. The van der Waals surface area contributed by atoms with Gasteiger partial charge < -0.3 is 71.4 Å². The first kappa shape index (κ1) is 70.5. The first-order valence-electron chi connectivity index (χ1n) is 34.2. The summed E-state index contributed by atoms with van der Waals surface area (Å²) in [6.45, 7) is 7.25. The van der Waals surface area contributed by atoms with Crippen molar-refractivity contribution in [2.24, 2.45) is 0 Å². The number of rotatable bonds is 29. The van der Waals surface area contributed by atoms with Gasteiger partial charge in [0.25, 0.3) is 11.8 Å². The number of benzene rings is 8. The van der Waals surface area contributed by atoms with Crippen molar-refractivity contribution >= 4 is 25.9 Å². The molecule has 0 bridgehead atoms. The quantitative estimate of drug-likeness (QED) is 0.0263. The molecule has 0 spiro atoms. The van der Waals surface area contributed by atoms with Gasteiger partial charge in [0.05, 0.1) is 69.5 Å². The number of nitrogens with zero attached hydrogens (tertiary/aromatic N) is 1. The van der Waals surface area contributed by atoms with E-state index in [-0.39, 0.29) is 69.5 Å². The SMILES string of the molecule is C[Si](C)(C)CCO[C@@H]1O[C@H](COCc2ccccc2)[C@@H](O[C@@H]2O[C@@H]3CO[C@@H](c4ccccc4)O[C@H]3[C@H](O[C@@H]3O[C@H](COCc4ccccc4)[C@@H](O)[C@H](OCc4ccccc4)[C@H]3N3C(=O)c4ccccc4C3=O)[C@@H]2OC(=O)c2ccccc2)[C@H](OCc2ccccc2)[C@H]1OCc1ccccc1. The largest absolute Gasteiger partial charge is 0.450 e. The van der Waals surface area contributed by atoms with Gasteiger partial charge in [-0.2, -0.15) is 0 Å². The topological polar surface area (TPSA) is 204 Å². The van der Waals surface area contributed by atoms with Crippen LogP contribution in [0.1, 0.15) is 70.7 Å². The Morgan fingerprint density at radius 2 is 0.910 bits per heavy atom. The number of hydrogen-bond donors (Lipinski definition) is 1. The second kappa shape index (κ2) is 33.7. The minimum atomic E-state index is -1.72. The zero-order valence-corrected chi connectivity index (χ0v) is 57.2. The summed E-state index contributed by atoms with van der Waals surface area (Å²) in [5, 5.41) is 12.9. The maximum atomic E-state index is 15.3. The minimum Gasteiger partial charge on any atom is -0.450 e. The Morgan fingerprint density at radius 3 is 1.44 bits per heavy atom. The smallest absolute Gasteiger partial charge is 0.338 e. The van der Waals surface area contributed by atoms with Gasteiger partial charge in [-0.15, -0.1) is 0 Å². The minimum absolute atomic E-state index is 0.0690. The molecule has 2 amide bonds. The van der Waals surface area contributed by atoms with Crippen LogP contribution in [0.3, 0.4) is 0 Å². The van der Waals surface area contributed by atoms with Crippen LogP contribution in [0.4, 0.5) is 0 Å². The third-order valence-corrected chi connectivity index (χ3v) is 20.0. The summed E-state index contributed by atoms with van der Waals surface area (Å²) in [6, 6.07) is 71.6. The number of ether oxygens (including phenoxy) is 14. The van der Waals surface area contributed by atoms with Gasteiger partial charge >= 0.3 is 5.97 Å². The summed E-state index contributed by atoms with van der Waals surface area (Å²) in [7, 11) is -1.68. The molecule has 1 N–H and O–H groups in total. The van der Waals surface area contributed by atoms with Crippen LogP contribution in [-0.2, 0) is 99.4 Å². The lowest BCUT2D eigenvalue weighted by atomic mass is 9.93. The lowest BCUT2D eigenvalue weighted by molar-refractivity contribution is -0.405. The van der Waals surface area contributed by atoms with Gasteiger partial charge in [0.2, 0.25) is 0 Å². The number of hydrogen-bond acceptors (Lipinski definition) is 18. The van der Waals surface area contributed by atoms with Crippen LogP contribution in [0.25, 0.3) is 0 Å². The van der Waals surface area contributed by atoms with E-state index in [2.05, 4.69) is 19.6 Å². The summed E-state index contributed by atoms with van der Waals surface area (Å²) in [6.07, 6.45) is -19.3. The molecule has 0 aromatic heterocycles. The number of amides is 2. The van der Waals surface area contributed by atoms with Gasteiger partial charge in [-0.25, -0.2) is 4.79 Å². The highest BCUT2D eigenvalue weighted by atomic mass is 28.3. The van der Waals surface area contributed by atoms with Crippen LogP contribution in [-0.4, -0.2) is 154 Å². The highest BCUT2D eigenvalue weighted by Gasteiger charge is 2.61. The first-order valence-corrected chi connectivity index (χ1v) is 37.9. The fraction of sp³-hybridized carbons (Fsp3) is 0.362.